The molecular formula is C17H23F3N2O2. The van der Waals surface area contributed by atoms with E-state index in [4.69, 9.17) is 9.47 Å². The molecule has 0 bridgehead atoms. The van der Waals surface area contributed by atoms with Gasteiger partial charge in [-0.15, -0.1) is 0 Å². The van der Waals surface area contributed by atoms with Gasteiger partial charge in [-0.3, -0.25) is 4.90 Å². The zero-order valence-corrected chi connectivity index (χ0v) is 13.8. The predicted molar refractivity (Wildman–Crippen MR) is 84.4 cm³/mol. The maximum atomic E-state index is 12.4. The molecule has 1 atom stereocenters. The van der Waals surface area contributed by atoms with Crippen molar-refractivity contribution in [2.45, 2.75) is 19.5 Å². The van der Waals surface area contributed by atoms with Crippen molar-refractivity contribution in [3.63, 3.8) is 0 Å². The van der Waals surface area contributed by atoms with E-state index in [-0.39, 0.29) is 6.79 Å². The summed E-state index contributed by atoms with van der Waals surface area (Å²) < 4.78 is 47.9. The number of ether oxygens (including phenoxy) is 2. The minimum absolute atomic E-state index is 0.274. The van der Waals surface area contributed by atoms with Crippen LogP contribution in [0.4, 0.5) is 13.2 Å². The molecule has 4 nitrogen and oxygen atoms in total. The molecule has 0 aliphatic carbocycles. The topological polar surface area (TPSA) is 24.9 Å². The quantitative estimate of drug-likeness (QED) is 0.820. The normalized spacial score (nSPS) is 20.3. The van der Waals surface area contributed by atoms with Gasteiger partial charge in [-0.1, -0.05) is 13.0 Å². The van der Waals surface area contributed by atoms with E-state index in [1.807, 2.05) is 18.2 Å². The average molecular weight is 344 g/mol. The second-order valence-electron chi connectivity index (χ2n) is 6.69. The van der Waals surface area contributed by atoms with E-state index in [0.29, 0.717) is 32.1 Å². The highest BCUT2D eigenvalue weighted by atomic mass is 19.4. The highest BCUT2D eigenvalue weighted by Gasteiger charge is 2.32. The molecule has 3 rings (SSSR count). The zero-order valence-electron chi connectivity index (χ0n) is 13.8. The molecule has 0 saturated carbocycles. The van der Waals surface area contributed by atoms with Crippen molar-refractivity contribution in [1.29, 1.82) is 0 Å². The Labute approximate surface area is 140 Å². The number of rotatable bonds is 5. The first-order valence-corrected chi connectivity index (χ1v) is 8.29. The minimum atomic E-state index is -4.10. The lowest BCUT2D eigenvalue weighted by atomic mass is 10.00. The van der Waals surface area contributed by atoms with Gasteiger partial charge >= 0.3 is 6.18 Å². The van der Waals surface area contributed by atoms with E-state index in [1.54, 1.807) is 0 Å². The molecular weight excluding hydrogens is 321 g/mol. The monoisotopic (exact) mass is 344 g/mol. The maximum Gasteiger partial charge on any atom is 0.401 e. The summed E-state index contributed by atoms with van der Waals surface area (Å²) in [5, 5.41) is 0. The van der Waals surface area contributed by atoms with Crippen molar-refractivity contribution < 1.29 is 22.6 Å². The molecule has 134 valence electrons. The first-order chi connectivity index (χ1) is 11.4. The summed E-state index contributed by atoms with van der Waals surface area (Å²) in [5.41, 5.74) is 1.20. The van der Waals surface area contributed by atoms with Crippen LogP contribution in [-0.4, -0.2) is 62.0 Å². The molecule has 0 radical (unpaired) electrons. The molecule has 2 aliphatic rings. The zero-order chi connectivity index (χ0) is 17.2. The third kappa shape index (κ3) is 4.77. The van der Waals surface area contributed by atoms with E-state index < -0.39 is 12.7 Å². The highest BCUT2D eigenvalue weighted by Crippen LogP contribution is 2.33. The van der Waals surface area contributed by atoms with Gasteiger partial charge in [-0.2, -0.15) is 13.2 Å². The Balaban J connectivity index is 1.44. The maximum absolute atomic E-state index is 12.4. The Hall–Kier alpha value is -1.47. The van der Waals surface area contributed by atoms with Crippen molar-refractivity contribution >= 4 is 0 Å². The number of fused-ring (bicyclic) bond motifs is 1. The summed E-state index contributed by atoms with van der Waals surface area (Å²) in [7, 11) is 0. The lowest BCUT2D eigenvalue weighted by molar-refractivity contribution is -0.149. The molecule has 0 amide bonds. The smallest absolute Gasteiger partial charge is 0.401 e. The van der Waals surface area contributed by atoms with Crippen LogP contribution in [0, 0.1) is 5.92 Å². The van der Waals surface area contributed by atoms with Crippen LogP contribution in [0.5, 0.6) is 11.5 Å². The minimum Gasteiger partial charge on any atom is -0.454 e. The summed E-state index contributed by atoms with van der Waals surface area (Å²) in [6.07, 6.45) is -3.19. The van der Waals surface area contributed by atoms with Crippen LogP contribution in [0.15, 0.2) is 18.2 Å². The second-order valence-corrected chi connectivity index (χ2v) is 6.69. The van der Waals surface area contributed by atoms with Crippen LogP contribution in [0.25, 0.3) is 0 Å². The largest absolute Gasteiger partial charge is 0.454 e. The number of hydrogen-bond acceptors (Lipinski definition) is 4. The van der Waals surface area contributed by atoms with E-state index in [1.165, 1.54) is 10.5 Å². The number of alkyl halides is 3. The van der Waals surface area contributed by atoms with Gasteiger partial charge in [0.1, 0.15) is 0 Å². The molecule has 0 N–H and O–H groups in total. The second kappa shape index (κ2) is 7.19. The van der Waals surface area contributed by atoms with Gasteiger partial charge in [0.15, 0.2) is 11.5 Å². The molecule has 1 aromatic carbocycles. The summed E-state index contributed by atoms with van der Waals surface area (Å²) >= 11 is 0. The first kappa shape index (κ1) is 17.4. The molecule has 2 heterocycles. The molecule has 1 saturated heterocycles. The molecule has 1 fully saturated rings. The van der Waals surface area contributed by atoms with Crippen LogP contribution >= 0.6 is 0 Å². The van der Waals surface area contributed by atoms with E-state index in [0.717, 1.165) is 24.5 Å². The van der Waals surface area contributed by atoms with Crippen molar-refractivity contribution in [3.8, 4) is 11.5 Å². The van der Waals surface area contributed by atoms with Crippen molar-refractivity contribution in [2.75, 3.05) is 46.1 Å². The van der Waals surface area contributed by atoms with Crippen molar-refractivity contribution in [2.24, 2.45) is 5.92 Å². The van der Waals surface area contributed by atoms with Crippen molar-refractivity contribution in [3.05, 3.63) is 23.8 Å². The van der Waals surface area contributed by atoms with Gasteiger partial charge in [0.25, 0.3) is 0 Å². The molecule has 7 heteroatoms. The molecule has 0 spiro atoms. The fourth-order valence-corrected chi connectivity index (χ4v) is 3.36. The Morgan fingerprint density at radius 3 is 2.42 bits per heavy atom. The number of benzene rings is 1. The Morgan fingerprint density at radius 1 is 1.04 bits per heavy atom. The van der Waals surface area contributed by atoms with Gasteiger partial charge in [-0.05, 0) is 30.0 Å². The van der Waals surface area contributed by atoms with Crippen LogP contribution in [0.1, 0.15) is 12.5 Å². The number of halogens is 3. The predicted octanol–water partition coefficient (Wildman–Crippen LogP) is 2.77. The SMILES string of the molecule is CC(Cc1ccc2c(c1)OCO2)CN1CCN(CC(F)(F)F)CC1. The van der Waals surface area contributed by atoms with Gasteiger partial charge in [0.05, 0.1) is 6.54 Å². The van der Waals surface area contributed by atoms with E-state index >= 15 is 0 Å². The van der Waals surface area contributed by atoms with Gasteiger partial charge < -0.3 is 14.4 Å². The third-order valence-corrected chi connectivity index (χ3v) is 4.46. The summed E-state index contributed by atoms with van der Waals surface area (Å²) in [6.45, 7) is 4.90. The number of nitrogens with zero attached hydrogens (tertiary/aromatic N) is 2. The van der Waals surface area contributed by atoms with Gasteiger partial charge in [0, 0.05) is 32.7 Å². The molecule has 1 aromatic rings. The first-order valence-electron chi connectivity index (χ1n) is 8.29. The van der Waals surface area contributed by atoms with Crippen molar-refractivity contribution in [1.82, 2.24) is 9.80 Å². The summed E-state index contributed by atoms with van der Waals surface area (Å²) in [4.78, 5) is 3.74. The fourth-order valence-electron chi connectivity index (χ4n) is 3.36. The number of hydrogen-bond donors (Lipinski definition) is 0. The Morgan fingerprint density at radius 2 is 1.71 bits per heavy atom. The molecule has 2 aliphatic heterocycles. The van der Waals surface area contributed by atoms with Crippen LogP contribution in [0.2, 0.25) is 0 Å². The van der Waals surface area contributed by atoms with Crippen LogP contribution in [-0.2, 0) is 6.42 Å². The fraction of sp³-hybridized carbons (Fsp3) is 0.647. The molecule has 1 unspecified atom stereocenters. The summed E-state index contributed by atoms with van der Waals surface area (Å²) in [6, 6.07) is 5.99. The Bertz CT molecular complexity index is 557. The van der Waals surface area contributed by atoms with Crippen LogP contribution in [0.3, 0.4) is 0 Å². The van der Waals surface area contributed by atoms with E-state index in [2.05, 4.69) is 11.8 Å². The standard InChI is InChI=1S/C17H23F3N2O2/c1-13(8-14-2-3-15-16(9-14)24-12-23-15)10-21-4-6-22(7-5-21)11-17(18,19)20/h2-3,9,13H,4-8,10-12H2,1H3. The van der Waals surface area contributed by atoms with E-state index in [9.17, 15) is 13.2 Å². The van der Waals surface area contributed by atoms with Gasteiger partial charge in [-0.25, -0.2) is 0 Å². The summed E-state index contributed by atoms with van der Waals surface area (Å²) in [5.74, 6) is 2.01. The van der Waals surface area contributed by atoms with Gasteiger partial charge in [0.2, 0.25) is 6.79 Å². The molecule has 0 aromatic heterocycles. The lowest BCUT2D eigenvalue weighted by Crippen LogP contribution is -2.50. The average Bonchev–Trinajstić information content (AvgIpc) is 2.95. The number of piperazine rings is 1. The Kier molecular flexibility index (Phi) is 5.20. The van der Waals surface area contributed by atoms with Crippen LogP contribution < -0.4 is 9.47 Å². The lowest BCUT2D eigenvalue weighted by Gasteiger charge is -2.36. The molecule has 24 heavy (non-hydrogen) atoms. The third-order valence-electron chi connectivity index (χ3n) is 4.46. The highest BCUT2D eigenvalue weighted by molar-refractivity contribution is 5.44.